The molecular formula is C6H12O3. The predicted molar refractivity (Wildman–Crippen MR) is 34.2 cm³/mol. The number of hydrogen-bond acceptors (Lipinski definition) is 3. The summed E-state index contributed by atoms with van der Waals surface area (Å²) < 4.78 is 9.60. The molecule has 0 heterocycles. The van der Waals surface area contributed by atoms with Gasteiger partial charge < -0.3 is 14.6 Å². The Hall–Kier alpha value is -0.540. The van der Waals surface area contributed by atoms with Crippen LogP contribution in [0.5, 0.6) is 0 Å². The number of ether oxygens (including phenoxy) is 2. The molecule has 0 atom stereocenters. The number of aliphatic hydroxyl groups excluding tert-OH is 1. The van der Waals surface area contributed by atoms with Crippen LogP contribution in [0, 0.1) is 0 Å². The highest BCUT2D eigenvalue weighted by molar-refractivity contribution is 4.95. The Bertz CT molecular complexity index is 94.5. The molecule has 9 heavy (non-hydrogen) atoms. The minimum Gasteiger partial charge on any atom is -0.515 e. The monoisotopic (exact) mass is 132 g/mol. The van der Waals surface area contributed by atoms with Gasteiger partial charge in [-0.25, -0.2) is 0 Å². The predicted octanol–water partition coefficient (Wildman–Crippen LogP) is 1.07. The van der Waals surface area contributed by atoms with E-state index in [4.69, 9.17) is 14.6 Å². The van der Waals surface area contributed by atoms with Crippen molar-refractivity contribution in [3.8, 4) is 0 Å². The van der Waals surface area contributed by atoms with E-state index in [-0.39, 0.29) is 0 Å². The lowest BCUT2D eigenvalue weighted by atomic mass is 10.3. The molecule has 0 saturated carbocycles. The maximum Gasteiger partial charge on any atom is 0.182 e. The van der Waals surface area contributed by atoms with Crippen LogP contribution < -0.4 is 0 Å². The van der Waals surface area contributed by atoms with Crippen LogP contribution in [0.15, 0.2) is 11.8 Å². The summed E-state index contributed by atoms with van der Waals surface area (Å²) in [5.41, 5.74) is 0.653. The molecule has 0 aromatic heterocycles. The van der Waals surface area contributed by atoms with Crippen LogP contribution in [0.1, 0.15) is 6.92 Å². The van der Waals surface area contributed by atoms with Crippen LogP contribution in [-0.2, 0) is 9.47 Å². The van der Waals surface area contributed by atoms with Gasteiger partial charge in [-0.15, -0.1) is 0 Å². The zero-order chi connectivity index (χ0) is 7.28. The van der Waals surface area contributed by atoms with E-state index in [2.05, 4.69) is 0 Å². The fourth-order valence-corrected chi connectivity index (χ4v) is 0.529. The molecule has 0 aliphatic rings. The number of aliphatic hydroxyl groups is 1. The highest BCUT2D eigenvalue weighted by atomic mass is 16.7. The van der Waals surface area contributed by atoms with Gasteiger partial charge >= 0.3 is 0 Å². The van der Waals surface area contributed by atoms with Crippen LogP contribution in [-0.4, -0.2) is 25.6 Å². The fourth-order valence-electron chi connectivity index (χ4n) is 0.529. The molecule has 0 radical (unpaired) electrons. The Morgan fingerprint density at radius 2 is 1.89 bits per heavy atom. The lowest BCUT2D eigenvalue weighted by Crippen LogP contribution is -2.13. The van der Waals surface area contributed by atoms with E-state index >= 15 is 0 Å². The third-order valence-electron chi connectivity index (χ3n) is 1.00. The van der Waals surface area contributed by atoms with Crippen molar-refractivity contribution >= 4 is 0 Å². The Morgan fingerprint density at radius 3 is 2.00 bits per heavy atom. The molecular weight excluding hydrogens is 120 g/mol. The topological polar surface area (TPSA) is 38.7 Å². The summed E-state index contributed by atoms with van der Waals surface area (Å²) in [4.78, 5) is 0. The molecule has 3 heteroatoms. The molecule has 3 nitrogen and oxygen atoms in total. The SMILES string of the molecule is COC(OC)C(C)=CO. The van der Waals surface area contributed by atoms with Crippen LogP contribution in [0.25, 0.3) is 0 Å². The first-order valence-corrected chi connectivity index (χ1v) is 2.62. The molecule has 0 aliphatic carbocycles. The molecule has 0 saturated heterocycles. The van der Waals surface area contributed by atoms with Crippen molar-refractivity contribution < 1.29 is 14.6 Å². The maximum atomic E-state index is 8.45. The van der Waals surface area contributed by atoms with Gasteiger partial charge in [0, 0.05) is 19.8 Å². The van der Waals surface area contributed by atoms with E-state index in [9.17, 15) is 0 Å². The Balaban J connectivity index is 3.79. The lowest BCUT2D eigenvalue weighted by Gasteiger charge is -2.11. The van der Waals surface area contributed by atoms with Crippen LogP contribution >= 0.6 is 0 Å². The van der Waals surface area contributed by atoms with Gasteiger partial charge in [0.05, 0.1) is 6.26 Å². The van der Waals surface area contributed by atoms with Gasteiger partial charge in [0.2, 0.25) is 0 Å². The van der Waals surface area contributed by atoms with Gasteiger partial charge in [-0.3, -0.25) is 0 Å². The molecule has 0 bridgehead atoms. The Kier molecular flexibility index (Phi) is 4.09. The first-order chi connectivity index (χ1) is 4.26. The highest BCUT2D eigenvalue weighted by Gasteiger charge is 2.05. The first-order valence-electron chi connectivity index (χ1n) is 2.62. The van der Waals surface area contributed by atoms with Crippen molar-refractivity contribution in [1.29, 1.82) is 0 Å². The first kappa shape index (κ1) is 8.46. The fraction of sp³-hybridized carbons (Fsp3) is 0.667. The van der Waals surface area contributed by atoms with Gasteiger partial charge in [-0.1, -0.05) is 0 Å². The minimum atomic E-state index is -0.421. The Morgan fingerprint density at radius 1 is 1.44 bits per heavy atom. The molecule has 0 unspecified atom stereocenters. The van der Waals surface area contributed by atoms with Crippen molar-refractivity contribution in [3.05, 3.63) is 11.8 Å². The summed E-state index contributed by atoms with van der Waals surface area (Å²) in [6, 6.07) is 0. The van der Waals surface area contributed by atoms with Crippen LogP contribution in [0.2, 0.25) is 0 Å². The molecule has 0 aliphatic heterocycles. The largest absolute Gasteiger partial charge is 0.515 e. The molecule has 0 spiro atoms. The third-order valence-corrected chi connectivity index (χ3v) is 1.00. The molecule has 54 valence electrons. The average molecular weight is 132 g/mol. The summed E-state index contributed by atoms with van der Waals surface area (Å²) in [6.45, 7) is 1.72. The summed E-state index contributed by atoms with van der Waals surface area (Å²) >= 11 is 0. The average Bonchev–Trinajstić information content (AvgIpc) is 1.90. The second-order valence-corrected chi connectivity index (χ2v) is 1.68. The lowest BCUT2D eigenvalue weighted by molar-refractivity contribution is -0.0758. The van der Waals surface area contributed by atoms with Gasteiger partial charge in [-0.2, -0.15) is 0 Å². The van der Waals surface area contributed by atoms with Gasteiger partial charge in [0.25, 0.3) is 0 Å². The van der Waals surface area contributed by atoms with E-state index in [0.29, 0.717) is 5.57 Å². The normalized spacial score (nSPS) is 12.7. The molecule has 0 amide bonds. The molecule has 1 N–H and O–H groups in total. The molecule has 0 aromatic rings. The zero-order valence-electron chi connectivity index (χ0n) is 5.92. The molecule has 0 fully saturated rings. The van der Waals surface area contributed by atoms with Gasteiger partial charge in [0.15, 0.2) is 6.29 Å². The van der Waals surface area contributed by atoms with E-state index in [1.807, 2.05) is 0 Å². The molecule has 0 rings (SSSR count). The Labute approximate surface area is 54.9 Å². The quantitative estimate of drug-likeness (QED) is 0.461. The minimum absolute atomic E-state index is 0.421. The van der Waals surface area contributed by atoms with E-state index in [1.165, 1.54) is 14.2 Å². The summed E-state index contributed by atoms with van der Waals surface area (Å²) in [7, 11) is 3.03. The zero-order valence-corrected chi connectivity index (χ0v) is 5.92. The second kappa shape index (κ2) is 4.35. The van der Waals surface area contributed by atoms with Crippen molar-refractivity contribution in [1.82, 2.24) is 0 Å². The van der Waals surface area contributed by atoms with Crippen molar-refractivity contribution in [3.63, 3.8) is 0 Å². The smallest absolute Gasteiger partial charge is 0.182 e. The van der Waals surface area contributed by atoms with Gasteiger partial charge in [0.1, 0.15) is 0 Å². The second-order valence-electron chi connectivity index (χ2n) is 1.68. The summed E-state index contributed by atoms with van der Waals surface area (Å²) in [5, 5.41) is 8.45. The molecule has 0 aromatic carbocycles. The summed E-state index contributed by atoms with van der Waals surface area (Å²) in [6.07, 6.45) is 0.549. The third kappa shape index (κ3) is 2.49. The standard InChI is InChI=1S/C6H12O3/c1-5(4-7)6(8-2)9-3/h4,6-7H,1-3H3. The van der Waals surface area contributed by atoms with Crippen molar-refractivity contribution in [2.45, 2.75) is 13.2 Å². The van der Waals surface area contributed by atoms with Crippen LogP contribution in [0.4, 0.5) is 0 Å². The van der Waals surface area contributed by atoms with Crippen molar-refractivity contribution in [2.24, 2.45) is 0 Å². The highest BCUT2D eigenvalue weighted by Crippen LogP contribution is 2.03. The van der Waals surface area contributed by atoms with Gasteiger partial charge in [-0.05, 0) is 6.92 Å². The van der Waals surface area contributed by atoms with E-state index in [1.54, 1.807) is 6.92 Å². The maximum absolute atomic E-state index is 8.45. The summed E-state index contributed by atoms with van der Waals surface area (Å²) in [5.74, 6) is 0. The number of hydrogen-bond donors (Lipinski definition) is 1. The van der Waals surface area contributed by atoms with E-state index < -0.39 is 6.29 Å². The van der Waals surface area contributed by atoms with Crippen LogP contribution in [0.3, 0.4) is 0 Å². The number of methoxy groups -OCH3 is 2. The van der Waals surface area contributed by atoms with E-state index in [0.717, 1.165) is 6.26 Å². The number of rotatable bonds is 3. The van der Waals surface area contributed by atoms with Crippen molar-refractivity contribution in [2.75, 3.05) is 14.2 Å².